The first kappa shape index (κ1) is 12.1. The first-order valence-corrected chi connectivity index (χ1v) is 3.21. The number of hydrogen-bond donors (Lipinski definition) is 0. The van der Waals surface area contributed by atoms with E-state index in [9.17, 15) is 0 Å². The van der Waals surface area contributed by atoms with E-state index in [0.29, 0.717) is 0 Å². The molecule has 10 heavy (non-hydrogen) atoms. The Morgan fingerprint density at radius 3 is 2.30 bits per heavy atom. The molecule has 0 aromatic carbocycles. The van der Waals surface area contributed by atoms with Crippen LogP contribution in [0, 0.1) is 5.92 Å². The summed E-state index contributed by atoms with van der Waals surface area (Å²) < 4.78 is 0. The van der Waals surface area contributed by atoms with E-state index in [1.54, 1.807) is 0 Å². The number of rotatable bonds is 1. The van der Waals surface area contributed by atoms with Crippen LogP contribution in [-0.2, 0) is 0 Å². The summed E-state index contributed by atoms with van der Waals surface area (Å²) in [6, 6.07) is 0. The lowest BCUT2D eigenvalue weighted by Crippen LogP contribution is -1.96. The topological polar surface area (TPSA) is 63.0 Å². The van der Waals surface area contributed by atoms with Gasteiger partial charge in [-0.15, -0.1) is 6.58 Å². The number of hydrogen-bond acceptors (Lipinski definition) is 0. The van der Waals surface area contributed by atoms with E-state index in [2.05, 4.69) is 24.8 Å². The number of allylic oxidation sites excluding steroid dienone is 3. The third-order valence-corrected chi connectivity index (χ3v) is 1.64. The molecule has 0 radical (unpaired) electrons. The maximum Gasteiger partial charge on any atom is -0.0199 e. The zero-order valence-corrected chi connectivity index (χ0v) is 6.14. The van der Waals surface area contributed by atoms with E-state index in [-0.39, 0.29) is 11.0 Å². The van der Waals surface area contributed by atoms with Crippen LogP contribution in [0.25, 0.3) is 0 Å². The highest BCUT2D eigenvalue weighted by atomic mass is 16.0. The van der Waals surface area contributed by atoms with Gasteiger partial charge in [-0.3, -0.25) is 0 Å². The second-order valence-electron chi connectivity index (χ2n) is 2.28. The standard InChI is InChI=1S/C8H12.2H2O/c1-2-8-6-4-3-5-7-8;;/h2-4,8H,1,5-7H2;2*1H2. The van der Waals surface area contributed by atoms with Gasteiger partial charge in [-0.1, -0.05) is 18.2 Å². The summed E-state index contributed by atoms with van der Waals surface area (Å²) in [5.41, 5.74) is 0. The van der Waals surface area contributed by atoms with Crippen molar-refractivity contribution in [2.75, 3.05) is 0 Å². The molecule has 0 bridgehead atoms. The van der Waals surface area contributed by atoms with Crippen molar-refractivity contribution in [3.8, 4) is 0 Å². The molecule has 2 heteroatoms. The molecule has 0 amide bonds. The van der Waals surface area contributed by atoms with E-state index in [1.165, 1.54) is 19.3 Å². The Balaban J connectivity index is 0. The summed E-state index contributed by atoms with van der Waals surface area (Å²) in [4.78, 5) is 0. The minimum absolute atomic E-state index is 0. The van der Waals surface area contributed by atoms with Gasteiger partial charge in [0.05, 0.1) is 0 Å². The van der Waals surface area contributed by atoms with Crippen molar-refractivity contribution in [2.24, 2.45) is 5.92 Å². The molecule has 1 atom stereocenters. The molecule has 1 aliphatic rings. The first-order valence-electron chi connectivity index (χ1n) is 3.21. The minimum Gasteiger partial charge on any atom is -0.412 e. The summed E-state index contributed by atoms with van der Waals surface area (Å²) in [7, 11) is 0. The van der Waals surface area contributed by atoms with Crippen LogP contribution in [0.1, 0.15) is 19.3 Å². The van der Waals surface area contributed by atoms with E-state index >= 15 is 0 Å². The summed E-state index contributed by atoms with van der Waals surface area (Å²) in [5.74, 6) is 0.764. The van der Waals surface area contributed by atoms with Crippen LogP contribution >= 0.6 is 0 Å². The second kappa shape index (κ2) is 6.52. The molecule has 0 aliphatic heterocycles. The average Bonchev–Trinajstić information content (AvgIpc) is 1.90. The minimum atomic E-state index is 0. The Hall–Kier alpha value is -0.600. The van der Waals surface area contributed by atoms with Crippen LogP contribution in [0.15, 0.2) is 24.8 Å². The zero-order chi connectivity index (χ0) is 5.82. The van der Waals surface area contributed by atoms with Gasteiger partial charge in [0, 0.05) is 0 Å². The van der Waals surface area contributed by atoms with Crippen molar-refractivity contribution in [3.05, 3.63) is 24.8 Å². The highest BCUT2D eigenvalue weighted by molar-refractivity contribution is 4.95. The largest absolute Gasteiger partial charge is 0.412 e. The Bertz CT molecular complexity index is 108. The second-order valence-corrected chi connectivity index (χ2v) is 2.28. The molecule has 2 nitrogen and oxygen atoms in total. The molecule has 1 unspecified atom stereocenters. The summed E-state index contributed by atoms with van der Waals surface area (Å²) >= 11 is 0. The predicted molar refractivity (Wildman–Crippen MR) is 43.9 cm³/mol. The molecule has 1 rings (SSSR count). The van der Waals surface area contributed by atoms with Crippen molar-refractivity contribution < 1.29 is 11.0 Å². The highest BCUT2D eigenvalue weighted by Crippen LogP contribution is 2.17. The van der Waals surface area contributed by atoms with Crippen LogP contribution < -0.4 is 0 Å². The maximum absolute atomic E-state index is 3.75. The molecule has 60 valence electrons. The van der Waals surface area contributed by atoms with Gasteiger partial charge >= 0.3 is 0 Å². The molecule has 0 heterocycles. The fourth-order valence-corrected chi connectivity index (χ4v) is 1.03. The predicted octanol–water partition coefficient (Wildman–Crippen LogP) is 0.879. The van der Waals surface area contributed by atoms with E-state index < -0.39 is 0 Å². The molecule has 0 spiro atoms. The first-order chi connectivity index (χ1) is 3.93. The SMILES string of the molecule is C=CC1CC=CCC1.O.O. The van der Waals surface area contributed by atoms with Crippen LogP contribution in [-0.4, -0.2) is 11.0 Å². The third kappa shape index (κ3) is 3.43. The third-order valence-electron chi connectivity index (χ3n) is 1.64. The van der Waals surface area contributed by atoms with Crippen molar-refractivity contribution in [1.29, 1.82) is 0 Å². The van der Waals surface area contributed by atoms with Crippen molar-refractivity contribution in [2.45, 2.75) is 19.3 Å². The van der Waals surface area contributed by atoms with Gasteiger partial charge < -0.3 is 11.0 Å². The van der Waals surface area contributed by atoms with Crippen molar-refractivity contribution in [1.82, 2.24) is 0 Å². The molecular weight excluding hydrogens is 128 g/mol. The van der Waals surface area contributed by atoms with Gasteiger partial charge in [0.1, 0.15) is 0 Å². The molecule has 1 aliphatic carbocycles. The van der Waals surface area contributed by atoms with E-state index in [1.807, 2.05) is 0 Å². The fraction of sp³-hybridized carbons (Fsp3) is 0.500. The average molecular weight is 144 g/mol. The lowest BCUT2D eigenvalue weighted by Gasteiger charge is -2.11. The molecule has 0 aromatic heterocycles. The molecule has 4 N–H and O–H groups in total. The lowest BCUT2D eigenvalue weighted by molar-refractivity contribution is 0.585. The van der Waals surface area contributed by atoms with Crippen LogP contribution in [0.4, 0.5) is 0 Å². The lowest BCUT2D eigenvalue weighted by atomic mass is 9.95. The van der Waals surface area contributed by atoms with Crippen molar-refractivity contribution in [3.63, 3.8) is 0 Å². The fourth-order valence-electron chi connectivity index (χ4n) is 1.03. The molecule has 0 saturated carbocycles. The smallest absolute Gasteiger partial charge is 0.0199 e. The highest BCUT2D eigenvalue weighted by Gasteiger charge is 2.02. The van der Waals surface area contributed by atoms with Crippen LogP contribution in [0.3, 0.4) is 0 Å². The molecule has 0 fully saturated rings. The Morgan fingerprint density at radius 2 is 2.00 bits per heavy atom. The zero-order valence-electron chi connectivity index (χ0n) is 6.14. The maximum atomic E-state index is 3.75. The normalized spacial score (nSPS) is 22.2. The summed E-state index contributed by atoms with van der Waals surface area (Å²) in [6.45, 7) is 3.75. The molecule has 0 aromatic rings. The van der Waals surface area contributed by atoms with Gasteiger partial charge in [-0.05, 0) is 25.2 Å². The quantitative estimate of drug-likeness (QED) is 0.490. The summed E-state index contributed by atoms with van der Waals surface area (Å²) in [6.07, 6.45) is 10.3. The van der Waals surface area contributed by atoms with Gasteiger partial charge in [-0.2, -0.15) is 0 Å². The Morgan fingerprint density at radius 1 is 1.30 bits per heavy atom. The van der Waals surface area contributed by atoms with E-state index in [4.69, 9.17) is 0 Å². The van der Waals surface area contributed by atoms with E-state index in [0.717, 1.165) is 5.92 Å². The Labute approximate surface area is 61.9 Å². The summed E-state index contributed by atoms with van der Waals surface area (Å²) in [5, 5.41) is 0. The monoisotopic (exact) mass is 144 g/mol. The van der Waals surface area contributed by atoms with Crippen LogP contribution in [0.5, 0.6) is 0 Å². The molecular formula is C8H16O2. The Kier molecular flexibility index (Phi) is 7.90. The van der Waals surface area contributed by atoms with Crippen LogP contribution in [0.2, 0.25) is 0 Å². The molecule has 0 saturated heterocycles. The van der Waals surface area contributed by atoms with Crippen molar-refractivity contribution >= 4 is 0 Å². The van der Waals surface area contributed by atoms with Gasteiger partial charge in [-0.25, -0.2) is 0 Å². The van der Waals surface area contributed by atoms with Gasteiger partial charge in [0.2, 0.25) is 0 Å². The van der Waals surface area contributed by atoms with Gasteiger partial charge in [0.25, 0.3) is 0 Å². The van der Waals surface area contributed by atoms with Gasteiger partial charge in [0.15, 0.2) is 0 Å².